The fourth-order valence-electron chi connectivity index (χ4n) is 3.50. The van der Waals surface area contributed by atoms with E-state index in [9.17, 15) is 9.59 Å². The predicted molar refractivity (Wildman–Crippen MR) is 126 cm³/mol. The molecule has 13 heteroatoms. The fraction of sp³-hybridized carbons (Fsp3) is 0.400. The highest BCUT2D eigenvalue weighted by atomic mass is 35.5. The molecule has 0 fully saturated rings. The molecule has 0 saturated heterocycles. The number of halogens is 3. The Morgan fingerprint density at radius 1 is 1.00 bits per heavy atom. The molecule has 3 heterocycles. The standard InChI is InChI=1S/C20H21Cl3N8O2/c1-2-3-7-29-17-16(24-19(23)25-17)18(32)30(20(29)33)8-4-9-31-27-15(26-28-31)11-12-5-6-13(21)14(22)10-12/h5-6,10H,2-4,7-9,11H2,1H3,(H,24,25). The molecule has 0 spiro atoms. The average molecular weight is 512 g/mol. The van der Waals surface area contributed by atoms with Crippen LogP contribution in [0.5, 0.6) is 0 Å². The Labute approximate surface area is 203 Å². The summed E-state index contributed by atoms with van der Waals surface area (Å²) in [6.45, 7) is 3.06. The minimum atomic E-state index is -0.450. The second kappa shape index (κ2) is 10.1. The quantitative estimate of drug-likeness (QED) is 0.345. The van der Waals surface area contributed by atoms with E-state index in [0.29, 0.717) is 41.8 Å². The first-order valence-corrected chi connectivity index (χ1v) is 11.6. The van der Waals surface area contributed by atoms with Gasteiger partial charge in [-0.15, -0.1) is 10.2 Å². The third-order valence-corrected chi connectivity index (χ3v) is 6.07. The number of H-pyrrole nitrogens is 1. The molecule has 33 heavy (non-hydrogen) atoms. The van der Waals surface area contributed by atoms with E-state index in [1.807, 2.05) is 13.0 Å². The van der Waals surface area contributed by atoms with E-state index >= 15 is 0 Å². The number of aromatic nitrogens is 8. The Hall–Kier alpha value is -2.69. The number of imidazole rings is 1. The van der Waals surface area contributed by atoms with Gasteiger partial charge in [0.05, 0.1) is 16.6 Å². The average Bonchev–Trinajstić information content (AvgIpc) is 3.39. The number of aryl methyl sites for hydroxylation is 2. The maximum Gasteiger partial charge on any atom is 0.332 e. The summed E-state index contributed by atoms with van der Waals surface area (Å²) in [5, 5.41) is 13.5. The van der Waals surface area contributed by atoms with Gasteiger partial charge in [0.2, 0.25) is 5.28 Å². The van der Waals surface area contributed by atoms with Crippen LogP contribution in [0, 0.1) is 0 Å². The van der Waals surface area contributed by atoms with Crippen LogP contribution < -0.4 is 11.2 Å². The first-order chi connectivity index (χ1) is 15.9. The summed E-state index contributed by atoms with van der Waals surface area (Å²) in [4.78, 5) is 34.1. The monoisotopic (exact) mass is 510 g/mol. The van der Waals surface area contributed by atoms with Crippen molar-refractivity contribution in [1.29, 1.82) is 0 Å². The van der Waals surface area contributed by atoms with Crippen molar-refractivity contribution in [2.75, 3.05) is 0 Å². The van der Waals surface area contributed by atoms with E-state index < -0.39 is 11.2 Å². The van der Waals surface area contributed by atoms with Gasteiger partial charge in [0, 0.05) is 19.5 Å². The van der Waals surface area contributed by atoms with Gasteiger partial charge in [-0.3, -0.25) is 13.9 Å². The molecule has 174 valence electrons. The van der Waals surface area contributed by atoms with Crippen LogP contribution in [-0.4, -0.2) is 39.3 Å². The molecule has 0 radical (unpaired) electrons. The number of unbranched alkanes of at least 4 members (excludes halogenated alkanes) is 1. The van der Waals surface area contributed by atoms with Gasteiger partial charge in [0.25, 0.3) is 5.56 Å². The van der Waals surface area contributed by atoms with Gasteiger partial charge in [-0.25, -0.2) is 4.79 Å². The smallest absolute Gasteiger partial charge is 0.323 e. The van der Waals surface area contributed by atoms with E-state index in [1.165, 1.54) is 13.9 Å². The van der Waals surface area contributed by atoms with Crippen molar-refractivity contribution in [3.8, 4) is 0 Å². The number of fused-ring (bicyclic) bond motifs is 1. The summed E-state index contributed by atoms with van der Waals surface area (Å²) in [7, 11) is 0. The minimum absolute atomic E-state index is 0.0748. The lowest BCUT2D eigenvalue weighted by Crippen LogP contribution is -2.40. The topological polar surface area (TPSA) is 116 Å². The molecule has 0 bridgehead atoms. The third-order valence-electron chi connectivity index (χ3n) is 5.15. The molecular formula is C20H21Cl3N8O2. The molecular weight excluding hydrogens is 491 g/mol. The normalized spacial score (nSPS) is 11.5. The van der Waals surface area contributed by atoms with Crippen molar-refractivity contribution >= 4 is 46.0 Å². The van der Waals surface area contributed by atoms with Gasteiger partial charge in [-0.2, -0.15) is 9.78 Å². The number of nitrogens with one attached hydrogen (secondary N) is 1. The van der Waals surface area contributed by atoms with E-state index in [-0.39, 0.29) is 23.0 Å². The fourth-order valence-corrected chi connectivity index (χ4v) is 3.99. The van der Waals surface area contributed by atoms with Crippen molar-refractivity contribution < 1.29 is 0 Å². The van der Waals surface area contributed by atoms with Gasteiger partial charge in [0.15, 0.2) is 17.0 Å². The number of tetrazole rings is 1. The molecule has 0 aliphatic heterocycles. The Bertz CT molecular complexity index is 1400. The maximum absolute atomic E-state index is 13.0. The SMILES string of the molecule is CCCCn1c(=O)n(CCCn2nnc(Cc3ccc(Cl)c(Cl)c3)n2)c(=O)c2[nH]c(Cl)nc21. The maximum atomic E-state index is 13.0. The van der Waals surface area contributed by atoms with Crippen LogP contribution >= 0.6 is 34.8 Å². The number of benzene rings is 1. The lowest BCUT2D eigenvalue weighted by Gasteiger charge is -2.10. The first kappa shape index (κ1) is 23.5. The molecule has 0 aliphatic rings. The van der Waals surface area contributed by atoms with Gasteiger partial charge in [-0.1, -0.05) is 42.6 Å². The van der Waals surface area contributed by atoms with Crippen LogP contribution in [0.25, 0.3) is 11.2 Å². The number of nitrogens with zero attached hydrogens (tertiary/aromatic N) is 7. The Balaban J connectivity index is 1.47. The Morgan fingerprint density at radius 2 is 1.79 bits per heavy atom. The predicted octanol–water partition coefficient (Wildman–Crippen LogP) is 3.31. The molecule has 4 aromatic rings. The Morgan fingerprint density at radius 3 is 2.55 bits per heavy atom. The summed E-state index contributed by atoms with van der Waals surface area (Å²) >= 11 is 18.0. The zero-order valence-electron chi connectivity index (χ0n) is 17.8. The molecule has 0 aliphatic carbocycles. The largest absolute Gasteiger partial charge is 0.332 e. The highest BCUT2D eigenvalue weighted by Gasteiger charge is 2.17. The second-order valence-electron chi connectivity index (χ2n) is 7.55. The highest BCUT2D eigenvalue weighted by Crippen LogP contribution is 2.23. The zero-order valence-corrected chi connectivity index (χ0v) is 20.0. The summed E-state index contributed by atoms with van der Waals surface area (Å²) < 4.78 is 2.69. The molecule has 0 unspecified atom stereocenters. The zero-order chi connectivity index (χ0) is 23.5. The lowest BCUT2D eigenvalue weighted by molar-refractivity contribution is 0.451. The third kappa shape index (κ3) is 5.13. The minimum Gasteiger partial charge on any atom is -0.323 e. The molecule has 1 N–H and O–H groups in total. The molecule has 3 aromatic heterocycles. The van der Waals surface area contributed by atoms with Crippen LogP contribution in [-0.2, 0) is 26.1 Å². The van der Waals surface area contributed by atoms with Gasteiger partial charge in [-0.05, 0) is 47.4 Å². The first-order valence-electron chi connectivity index (χ1n) is 10.5. The summed E-state index contributed by atoms with van der Waals surface area (Å²) in [5.74, 6) is 0.529. The Kier molecular flexibility index (Phi) is 7.16. The lowest BCUT2D eigenvalue weighted by atomic mass is 10.1. The van der Waals surface area contributed by atoms with Crippen molar-refractivity contribution in [2.24, 2.45) is 0 Å². The summed E-state index contributed by atoms with van der Waals surface area (Å²) in [6.07, 6.45) is 2.59. The van der Waals surface area contributed by atoms with Gasteiger partial charge >= 0.3 is 5.69 Å². The van der Waals surface area contributed by atoms with Gasteiger partial charge in [0.1, 0.15) is 0 Å². The molecule has 0 atom stereocenters. The van der Waals surface area contributed by atoms with Crippen LogP contribution in [0.1, 0.15) is 37.6 Å². The molecule has 10 nitrogen and oxygen atoms in total. The van der Waals surface area contributed by atoms with E-state index in [4.69, 9.17) is 34.8 Å². The summed E-state index contributed by atoms with van der Waals surface area (Å²) in [5.41, 5.74) is 0.558. The molecule has 1 aromatic carbocycles. The van der Waals surface area contributed by atoms with Crippen LogP contribution in [0.4, 0.5) is 0 Å². The van der Waals surface area contributed by atoms with Crippen molar-refractivity contribution in [3.63, 3.8) is 0 Å². The highest BCUT2D eigenvalue weighted by molar-refractivity contribution is 6.42. The number of hydrogen-bond acceptors (Lipinski definition) is 6. The number of aromatic amines is 1. The molecule has 0 amide bonds. The number of hydrogen-bond donors (Lipinski definition) is 1. The molecule has 4 rings (SSSR count). The van der Waals surface area contributed by atoms with Crippen LogP contribution in [0.2, 0.25) is 15.3 Å². The number of rotatable bonds is 9. The molecule has 0 saturated carbocycles. The van der Waals surface area contributed by atoms with E-state index in [1.54, 1.807) is 12.1 Å². The van der Waals surface area contributed by atoms with Crippen LogP contribution in [0.3, 0.4) is 0 Å². The van der Waals surface area contributed by atoms with E-state index in [2.05, 4.69) is 25.4 Å². The summed E-state index contributed by atoms with van der Waals surface area (Å²) in [6, 6.07) is 5.33. The van der Waals surface area contributed by atoms with E-state index in [0.717, 1.165) is 18.4 Å². The van der Waals surface area contributed by atoms with Gasteiger partial charge < -0.3 is 4.98 Å². The van der Waals surface area contributed by atoms with Crippen molar-refractivity contribution in [1.82, 2.24) is 39.3 Å². The van der Waals surface area contributed by atoms with Crippen LogP contribution in [0.15, 0.2) is 27.8 Å². The second-order valence-corrected chi connectivity index (χ2v) is 8.72. The van der Waals surface area contributed by atoms with Crippen molar-refractivity contribution in [3.05, 3.63) is 65.8 Å². The van der Waals surface area contributed by atoms with Crippen molar-refractivity contribution in [2.45, 2.75) is 52.2 Å².